The number of alkyl halides is 2. The first-order chi connectivity index (χ1) is 6.94. The zero-order valence-electron chi connectivity index (χ0n) is 9.35. The van der Waals surface area contributed by atoms with E-state index in [0.29, 0.717) is 12.8 Å². The van der Waals surface area contributed by atoms with Crippen LogP contribution in [0.25, 0.3) is 0 Å². The van der Waals surface area contributed by atoms with Gasteiger partial charge in [0.05, 0.1) is 0 Å². The molecule has 1 aliphatic rings. The Balaban J connectivity index is 2.41. The van der Waals surface area contributed by atoms with Crippen LogP contribution < -0.4 is 5.32 Å². The molecule has 1 aliphatic carbocycles. The molecular formula is C11H19F2NO. The second-order valence-corrected chi connectivity index (χ2v) is 4.47. The maximum absolute atomic E-state index is 13.0. The Hall–Kier alpha value is -0.670. The van der Waals surface area contributed by atoms with Crippen molar-refractivity contribution in [1.29, 1.82) is 0 Å². The van der Waals surface area contributed by atoms with Gasteiger partial charge in [0.15, 0.2) is 0 Å². The lowest BCUT2D eigenvalue weighted by Crippen LogP contribution is -2.43. The van der Waals surface area contributed by atoms with Gasteiger partial charge in [0.2, 0.25) is 11.8 Å². The predicted molar refractivity (Wildman–Crippen MR) is 54.8 cm³/mol. The summed E-state index contributed by atoms with van der Waals surface area (Å²) in [6.45, 7) is 3.73. The van der Waals surface area contributed by atoms with Gasteiger partial charge < -0.3 is 5.32 Å². The fraction of sp³-hybridized carbons (Fsp3) is 0.909. The SMILES string of the molecule is CC[C@@H](C)C(=O)N[C@H]1CCCC(F)(F)C1. The minimum atomic E-state index is -2.59. The number of halogens is 2. The summed E-state index contributed by atoms with van der Waals surface area (Å²) in [5.41, 5.74) is 0. The molecule has 1 amide bonds. The van der Waals surface area contributed by atoms with Gasteiger partial charge in [0.1, 0.15) is 0 Å². The maximum Gasteiger partial charge on any atom is 0.250 e. The molecule has 1 N–H and O–H groups in total. The minimum Gasteiger partial charge on any atom is -0.353 e. The highest BCUT2D eigenvalue weighted by atomic mass is 19.3. The summed E-state index contributed by atoms with van der Waals surface area (Å²) in [4.78, 5) is 11.5. The molecule has 15 heavy (non-hydrogen) atoms. The average molecular weight is 219 g/mol. The van der Waals surface area contributed by atoms with Gasteiger partial charge in [0, 0.05) is 24.8 Å². The van der Waals surface area contributed by atoms with Crippen LogP contribution >= 0.6 is 0 Å². The van der Waals surface area contributed by atoms with E-state index < -0.39 is 5.92 Å². The van der Waals surface area contributed by atoms with Gasteiger partial charge in [-0.15, -0.1) is 0 Å². The van der Waals surface area contributed by atoms with E-state index in [2.05, 4.69) is 5.32 Å². The van der Waals surface area contributed by atoms with Crippen molar-refractivity contribution in [3.63, 3.8) is 0 Å². The molecule has 0 heterocycles. The summed E-state index contributed by atoms with van der Waals surface area (Å²) >= 11 is 0. The molecule has 4 heteroatoms. The van der Waals surface area contributed by atoms with Crippen molar-refractivity contribution in [2.24, 2.45) is 5.92 Å². The topological polar surface area (TPSA) is 29.1 Å². The molecule has 1 fully saturated rings. The van der Waals surface area contributed by atoms with E-state index in [1.807, 2.05) is 13.8 Å². The van der Waals surface area contributed by atoms with Crippen LogP contribution in [0, 0.1) is 5.92 Å². The van der Waals surface area contributed by atoms with Crippen LogP contribution in [0.5, 0.6) is 0 Å². The third-order valence-electron chi connectivity index (χ3n) is 3.05. The summed E-state index contributed by atoms with van der Waals surface area (Å²) in [5, 5.41) is 2.71. The number of carbonyl (C=O) groups excluding carboxylic acids is 1. The van der Waals surface area contributed by atoms with E-state index in [4.69, 9.17) is 0 Å². The lowest BCUT2D eigenvalue weighted by molar-refractivity contribution is -0.126. The highest BCUT2D eigenvalue weighted by Gasteiger charge is 2.36. The largest absolute Gasteiger partial charge is 0.353 e. The van der Waals surface area contributed by atoms with Crippen LogP contribution in [0.3, 0.4) is 0 Å². The third-order valence-corrected chi connectivity index (χ3v) is 3.05. The summed E-state index contributed by atoms with van der Waals surface area (Å²) in [6, 6.07) is -0.338. The summed E-state index contributed by atoms with van der Waals surface area (Å²) in [5.74, 6) is -2.77. The number of rotatable bonds is 3. The first kappa shape index (κ1) is 12.4. The molecule has 0 aliphatic heterocycles. The molecule has 0 aromatic heterocycles. The number of nitrogens with one attached hydrogen (secondary N) is 1. The molecule has 0 unspecified atom stereocenters. The Bertz CT molecular complexity index is 231. The van der Waals surface area contributed by atoms with Crippen LogP contribution in [0.4, 0.5) is 8.78 Å². The van der Waals surface area contributed by atoms with Gasteiger partial charge in [-0.25, -0.2) is 8.78 Å². The Morgan fingerprint density at radius 3 is 2.80 bits per heavy atom. The summed E-state index contributed by atoms with van der Waals surface area (Å²) in [6.07, 6.45) is 1.68. The maximum atomic E-state index is 13.0. The predicted octanol–water partition coefficient (Wildman–Crippen LogP) is 2.73. The van der Waals surface area contributed by atoms with E-state index in [-0.39, 0.29) is 30.7 Å². The summed E-state index contributed by atoms with van der Waals surface area (Å²) < 4.78 is 26.1. The van der Waals surface area contributed by atoms with Gasteiger partial charge >= 0.3 is 0 Å². The average Bonchev–Trinajstić information content (AvgIpc) is 2.14. The molecule has 0 saturated heterocycles. The third kappa shape index (κ3) is 3.76. The first-order valence-corrected chi connectivity index (χ1v) is 5.63. The first-order valence-electron chi connectivity index (χ1n) is 5.63. The second kappa shape index (κ2) is 4.90. The molecular weight excluding hydrogens is 200 g/mol. The number of hydrogen-bond acceptors (Lipinski definition) is 1. The normalized spacial score (nSPS) is 27.1. The lowest BCUT2D eigenvalue weighted by Gasteiger charge is -2.30. The van der Waals surface area contributed by atoms with Gasteiger partial charge in [-0.1, -0.05) is 13.8 Å². The molecule has 0 spiro atoms. The van der Waals surface area contributed by atoms with Gasteiger partial charge in [-0.3, -0.25) is 4.79 Å². The van der Waals surface area contributed by atoms with Crippen molar-refractivity contribution in [1.82, 2.24) is 5.32 Å². The minimum absolute atomic E-state index is 0.0390. The number of hydrogen-bond donors (Lipinski definition) is 1. The molecule has 2 nitrogen and oxygen atoms in total. The monoisotopic (exact) mass is 219 g/mol. The number of carbonyl (C=O) groups is 1. The second-order valence-electron chi connectivity index (χ2n) is 4.47. The molecule has 0 aromatic carbocycles. The molecule has 88 valence electrons. The quantitative estimate of drug-likeness (QED) is 0.777. The molecule has 0 radical (unpaired) electrons. The zero-order chi connectivity index (χ0) is 11.5. The van der Waals surface area contributed by atoms with E-state index in [1.165, 1.54) is 0 Å². The fourth-order valence-corrected chi connectivity index (χ4v) is 1.82. The van der Waals surface area contributed by atoms with E-state index in [9.17, 15) is 13.6 Å². The van der Waals surface area contributed by atoms with Crippen LogP contribution in [-0.4, -0.2) is 17.9 Å². The standard InChI is InChI=1S/C11H19F2NO/c1-3-8(2)10(15)14-9-5-4-6-11(12,13)7-9/h8-9H,3-7H2,1-2H3,(H,14,15)/t8-,9+/m1/s1. The van der Waals surface area contributed by atoms with Crippen LogP contribution in [0.1, 0.15) is 46.0 Å². The van der Waals surface area contributed by atoms with Crippen LogP contribution in [0.2, 0.25) is 0 Å². The van der Waals surface area contributed by atoms with Crippen molar-refractivity contribution >= 4 is 5.91 Å². The van der Waals surface area contributed by atoms with E-state index in [1.54, 1.807) is 0 Å². The van der Waals surface area contributed by atoms with Crippen LogP contribution in [-0.2, 0) is 4.79 Å². The van der Waals surface area contributed by atoms with Gasteiger partial charge in [-0.2, -0.15) is 0 Å². The smallest absolute Gasteiger partial charge is 0.250 e. The summed E-state index contributed by atoms with van der Waals surface area (Å²) in [7, 11) is 0. The molecule has 0 aromatic rings. The highest BCUT2D eigenvalue weighted by Crippen LogP contribution is 2.33. The lowest BCUT2D eigenvalue weighted by atomic mass is 9.91. The Labute approximate surface area is 89.4 Å². The van der Waals surface area contributed by atoms with Crippen molar-refractivity contribution in [3.05, 3.63) is 0 Å². The van der Waals surface area contributed by atoms with Crippen molar-refractivity contribution < 1.29 is 13.6 Å². The Morgan fingerprint density at radius 1 is 1.60 bits per heavy atom. The zero-order valence-corrected chi connectivity index (χ0v) is 9.35. The van der Waals surface area contributed by atoms with Crippen molar-refractivity contribution in [3.8, 4) is 0 Å². The molecule has 0 bridgehead atoms. The van der Waals surface area contributed by atoms with Crippen molar-refractivity contribution in [2.45, 2.75) is 57.9 Å². The van der Waals surface area contributed by atoms with Crippen LogP contribution in [0.15, 0.2) is 0 Å². The molecule has 1 rings (SSSR count). The van der Waals surface area contributed by atoms with E-state index >= 15 is 0 Å². The highest BCUT2D eigenvalue weighted by molar-refractivity contribution is 5.78. The van der Waals surface area contributed by atoms with Gasteiger partial charge in [-0.05, 0) is 19.3 Å². The Morgan fingerprint density at radius 2 is 2.27 bits per heavy atom. The molecule has 2 atom stereocenters. The molecule has 1 saturated carbocycles. The Kier molecular flexibility index (Phi) is 4.05. The number of amides is 1. The van der Waals surface area contributed by atoms with Gasteiger partial charge in [0.25, 0.3) is 0 Å². The fourth-order valence-electron chi connectivity index (χ4n) is 1.82. The van der Waals surface area contributed by atoms with E-state index in [0.717, 1.165) is 6.42 Å². The van der Waals surface area contributed by atoms with Crippen molar-refractivity contribution in [2.75, 3.05) is 0 Å².